The van der Waals surface area contributed by atoms with Gasteiger partial charge in [0, 0.05) is 12.8 Å². The molecule has 0 amide bonds. The Morgan fingerprint density at radius 3 is 0.909 bits per heavy atom. The summed E-state index contributed by atoms with van der Waals surface area (Å²) in [4.78, 5) is 35.8. The van der Waals surface area contributed by atoms with Crippen LogP contribution in [0.25, 0.3) is 0 Å². The Morgan fingerprint density at radius 1 is 0.352 bits per heavy atom. The van der Waals surface area contributed by atoms with Crippen LogP contribution in [0.1, 0.15) is 296 Å². The van der Waals surface area contributed by atoms with E-state index in [0.29, 0.717) is 17.4 Å². The third-order valence-electron chi connectivity index (χ3n) is 15.2. The molecule has 0 rings (SSSR count). The number of phosphoric ester groups is 1. The zero-order chi connectivity index (χ0) is 64.1. The van der Waals surface area contributed by atoms with Crippen molar-refractivity contribution in [2.45, 2.75) is 302 Å². The first kappa shape index (κ1) is 84.2. The van der Waals surface area contributed by atoms with Gasteiger partial charge in [-0.1, -0.05) is 308 Å². The van der Waals surface area contributed by atoms with Crippen molar-refractivity contribution in [2.24, 2.45) is 0 Å². The average Bonchev–Trinajstić information content (AvgIpc) is 3.68. The molecule has 0 aliphatic rings. The summed E-state index contributed by atoms with van der Waals surface area (Å²) < 4.78 is 34.7. The Kier molecular flexibility index (Phi) is 64.6. The molecule has 0 aliphatic heterocycles. The number of likely N-dealkylation sites (N-methyl/N-ethyl adjacent to an activating group) is 1. The Balaban J connectivity index is 3.97. The Labute approximate surface area is 542 Å². The Morgan fingerprint density at radius 2 is 0.614 bits per heavy atom. The summed E-state index contributed by atoms with van der Waals surface area (Å²) in [7, 11) is 1.45. The summed E-state index contributed by atoms with van der Waals surface area (Å²) in [5, 5.41) is 0. The van der Waals surface area contributed by atoms with E-state index in [2.05, 4.69) is 148 Å². The van der Waals surface area contributed by atoms with Gasteiger partial charge < -0.3 is 18.9 Å². The van der Waals surface area contributed by atoms with Gasteiger partial charge >= 0.3 is 19.8 Å². The maximum Gasteiger partial charge on any atom is 0.472 e. The monoisotopic (exact) mass is 1240 g/mol. The van der Waals surface area contributed by atoms with Crippen molar-refractivity contribution in [1.29, 1.82) is 0 Å². The topological polar surface area (TPSA) is 108 Å². The van der Waals surface area contributed by atoms with Crippen molar-refractivity contribution in [3.63, 3.8) is 0 Å². The van der Waals surface area contributed by atoms with Crippen LogP contribution in [0.15, 0.2) is 134 Å². The number of esters is 2. The Bertz CT molecular complexity index is 1950. The molecular formula is C78H135NO8P+. The van der Waals surface area contributed by atoms with E-state index >= 15 is 0 Å². The van der Waals surface area contributed by atoms with E-state index in [1.165, 1.54) is 148 Å². The summed E-state index contributed by atoms with van der Waals surface area (Å²) >= 11 is 0. The van der Waals surface area contributed by atoms with E-state index in [4.69, 9.17) is 18.5 Å². The number of hydrogen-bond donors (Lipinski definition) is 1. The normalized spacial score (nSPS) is 13.9. The number of nitrogens with zero attached hydrogens (tertiary/aromatic N) is 1. The molecule has 2 unspecified atom stereocenters. The van der Waals surface area contributed by atoms with Gasteiger partial charge in [0.2, 0.25) is 0 Å². The summed E-state index contributed by atoms with van der Waals surface area (Å²) in [6.45, 7) is 4.19. The number of ether oxygens (including phenoxy) is 2. The van der Waals surface area contributed by atoms with Crippen molar-refractivity contribution in [1.82, 2.24) is 0 Å². The van der Waals surface area contributed by atoms with E-state index in [1.807, 2.05) is 21.1 Å². The van der Waals surface area contributed by atoms with Crippen LogP contribution in [0.4, 0.5) is 0 Å². The van der Waals surface area contributed by atoms with Gasteiger partial charge in [-0.2, -0.15) is 0 Å². The number of allylic oxidation sites excluding steroid dienone is 22. The molecule has 0 aromatic carbocycles. The van der Waals surface area contributed by atoms with Gasteiger partial charge in [-0.15, -0.1) is 0 Å². The summed E-state index contributed by atoms with van der Waals surface area (Å²) in [5.41, 5.74) is 0. The number of carbonyl (C=O) groups is 2. The molecule has 1 N–H and O–H groups in total. The molecule has 0 aromatic rings. The molecule has 0 aliphatic carbocycles. The third kappa shape index (κ3) is 71.2. The highest BCUT2D eigenvalue weighted by Gasteiger charge is 2.27. The molecule has 9 nitrogen and oxygen atoms in total. The molecule has 2 atom stereocenters. The minimum atomic E-state index is -4.41. The van der Waals surface area contributed by atoms with Gasteiger partial charge in [0.05, 0.1) is 27.7 Å². The second kappa shape index (κ2) is 67.5. The molecule has 0 heterocycles. The van der Waals surface area contributed by atoms with E-state index in [9.17, 15) is 19.0 Å². The van der Waals surface area contributed by atoms with E-state index in [0.717, 1.165) is 116 Å². The average molecular weight is 1250 g/mol. The molecule has 0 radical (unpaired) electrons. The second-order valence-corrected chi connectivity index (χ2v) is 26.3. The molecule has 0 bridgehead atoms. The van der Waals surface area contributed by atoms with E-state index in [1.54, 1.807) is 0 Å². The highest BCUT2D eigenvalue weighted by Crippen LogP contribution is 2.43. The van der Waals surface area contributed by atoms with Crippen molar-refractivity contribution in [3.05, 3.63) is 134 Å². The van der Waals surface area contributed by atoms with Crippen LogP contribution in [-0.2, 0) is 32.7 Å². The standard InChI is InChI=1S/C78H134NO8P/c1-6-8-10-12-14-16-18-20-22-24-26-28-30-31-32-33-34-35-36-37-38-39-40-41-42-43-44-45-46-47-49-50-52-54-56-58-60-62-64-66-68-70-77(80)84-74-76(75-86-88(82,83)85-73-72-79(3,4)5)87-78(81)71-69-67-65-63-61-59-57-55-53-51-48-29-27-25-23-21-19-17-15-13-11-9-7-2/h8-11,14-17,20-23,26-29,31-32,51,53,57,59,76H,6-7,12-13,18-19,24-25,30,33-50,52,54-56,58,60-75H2,1-5H3/p+1/b10-8-,11-9-,16-14-,17-15-,22-20-,23-21-,28-26-,29-27-,32-31-,53-51-,59-57-. The predicted molar refractivity (Wildman–Crippen MR) is 381 cm³/mol. The SMILES string of the molecule is CC/C=C\C/C=C\C/C=C\C/C=C\C/C=C\C/C=C\CCCCCCC(=O)OC(COC(=O)CCCCCCCCCCCCCCCCCCCCCCCCCCC/C=C\C/C=C\C/C=C\C/C=C\C/C=C\CC)COP(=O)(O)OCC[N+](C)(C)C. The van der Waals surface area contributed by atoms with Crippen LogP contribution in [0.5, 0.6) is 0 Å². The summed E-state index contributed by atoms with van der Waals surface area (Å²) in [5.74, 6) is -0.823. The zero-order valence-corrected chi connectivity index (χ0v) is 58.3. The number of quaternary nitrogens is 1. The quantitative estimate of drug-likeness (QED) is 0.0211. The van der Waals surface area contributed by atoms with Crippen molar-refractivity contribution in [2.75, 3.05) is 47.5 Å². The van der Waals surface area contributed by atoms with Crippen LogP contribution in [0, 0.1) is 0 Å². The lowest BCUT2D eigenvalue weighted by molar-refractivity contribution is -0.870. The molecule has 0 aromatic heterocycles. The lowest BCUT2D eigenvalue weighted by atomic mass is 10.0. The zero-order valence-electron chi connectivity index (χ0n) is 57.4. The first-order valence-electron chi connectivity index (χ1n) is 35.9. The molecule has 0 fully saturated rings. The summed E-state index contributed by atoms with van der Waals surface area (Å²) in [6.07, 6.45) is 98.6. The molecule has 504 valence electrons. The minimum Gasteiger partial charge on any atom is -0.462 e. The number of rotatable bonds is 65. The molecule has 0 spiro atoms. The number of hydrogen-bond acceptors (Lipinski definition) is 7. The number of phosphoric acid groups is 1. The summed E-state index contributed by atoms with van der Waals surface area (Å²) in [6, 6.07) is 0. The van der Waals surface area contributed by atoms with Gasteiger partial charge in [0.1, 0.15) is 19.8 Å². The number of unbranched alkanes of at least 4 members (excludes halogenated alkanes) is 29. The molecule has 0 saturated carbocycles. The number of carbonyl (C=O) groups excluding carboxylic acids is 2. The molecule has 10 heteroatoms. The van der Waals surface area contributed by atoms with Gasteiger partial charge in [-0.3, -0.25) is 18.6 Å². The highest BCUT2D eigenvalue weighted by atomic mass is 31.2. The minimum absolute atomic E-state index is 0.0217. The lowest BCUT2D eigenvalue weighted by Gasteiger charge is -2.24. The maximum absolute atomic E-state index is 12.9. The first-order chi connectivity index (χ1) is 43.0. The lowest BCUT2D eigenvalue weighted by Crippen LogP contribution is -2.37. The van der Waals surface area contributed by atoms with Gasteiger partial charge in [0.15, 0.2) is 6.10 Å². The predicted octanol–water partition coefficient (Wildman–Crippen LogP) is 23.6. The fourth-order valence-electron chi connectivity index (χ4n) is 9.75. The smallest absolute Gasteiger partial charge is 0.462 e. The Hall–Kier alpha value is -3.85. The van der Waals surface area contributed by atoms with Crippen LogP contribution in [0.2, 0.25) is 0 Å². The third-order valence-corrected chi connectivity index (χ3v) is 16.2. The van der Waals surface area contributed by atoms with Crippen molar-refractivity contribution in [3.8, 4) is 0 Å². The first-order valence-corrected chi connectivity index (χ1v) is 37.4. The fraction of sp³-hybridized carbons (Fsp3) is 0.692. The van der Waals surface area contributed by atoms with E-state index < -0.39 is 26.5 Å². The fourth-order valence-corrected chi connectivity index (χ4v) is 10.5. The van der Waals surface area contributed by atoms with Crippen molar-refractivity contribution >= 4 is 19.8 Å². The maximum atomic E-state index is 12.9. The van der Waals surface area contributed by atoms with Crippen LogP contribution < -0.4 is 0 Å². The van der Waals surface area contributed by atoms with Gasteiger partial charge in [0.25, 0.3) is 0 Å². The largest absolute Gasteiger partial charge is 0.472 e. The van der Waals surface area contributed by atoms with Gasteiger partial charge in [-0.25, -0.2) is 4.57 Å². The molecule has 88 heavy (non-hydrogen) atoms. The van der Waals surface area contributed by atoms with Crippen LogP contribution in [-0.4, -0.2) is 74.9 Å². The van der Waals surface area contributed by atoms with Gasteiger partial charge in [-0.05, 0) is 109 Å². The molecule has 0 saturated heterocycles. The van der Waals surface area contributed by atoms with Crippen LogP contribution >= 0.6 is 7.82 Å². The van der Waals surface area contributed by atoms with Crippen molar-refractivity contribution < 1.29 is 42.1 Å². The highest BCUT2D eigenvalue weighted by molar-refractivity contribution is 7.47. The van der Waals surface area contributed by atoms with E-state index in [-0.39, 0.29) is 32.0 Å². The van der Waals surface area contributed by atoms with Crippen LogP contribution in [0.3, 0.4) is 0 Å². The molecular weight excluding hydrogens is 1110 g/mol. The second-order valence-electron chi connectivity index (χ2n) is 24.9.